The minimum atomic E-state index is -0.374. The fourth-order valence-electron chi connectivity index (χ4n) is 2.68. The molecule has 1 fully saturated rings. The van der Waals surface area contributed by atoms with Gasteiger partial charge in [-0.3, -0.25) is 0 Å². The highest BCUT2D eigenvalue weighted by atomic mass is 16.6. The molecule has 19 heavy (non-hydrogen) atoms. The van der Waals surface area contributed by atoms with Crippen molar-refractivity contribution in [3.63, 3.8) is 0 Å². The van der Waals surface area contributed by atoms with Gasteiger partial charge in [0.15, 0.2) is 11.5 Å². The van der Waals surface area contributed by atoms with Crippen molar-refractivity contribution >= 4 is 11.0 Å². The van der Waals surface area contributed by atoms with Crippen molar-refractivity contribution in [1.82, 2.24) is 9.97 Å². The second-order valence-electron chi connectivity index (χ2n) is 5.66. The predicted molar refractivity (Wildman–Crippen MR) is 71.3 cm³/mol. The fraction of sp³-hybridized carbons (Fsp3) is 0.500. The Kier molecular flexibility index (Phi) is 2.12. The van der Waals surface area contributed by atoms with E-state index in [-0.39, 0.29) is 5.54 Å². The molecule has 0 radical (unpaired) electrons. The van der Waals surface area contributed by atoms with E-state index < -0.39 is 0 Å². The zero-order valence-electron chi connectivity index (χ0n) is 10.9. The summed E-state index contributed by atoms with van der Waals surface area (Å²) < 4.78 is 11.2. The van der Waals surface area contributed by atoms with Crippen LogP contribution in [0.5, 0.6) is 11.5 Å². The van der Waals surface area contributed by atoms with Crippen LogP contribution >= 0.6 is 0 Å². The molecule has 2 aromatic rings. The normalized spacial score (nSPS) is 21.4. The first-order valence-corrected chi connectivity index (χ1v) is 6.73. The lowest BCUT2D eigenvalue weighted by atomic mass is 9.97. The second kappa shape index (κ2) is 3.63. The first-order chi connectivity index (χ1) is 9.14. The quantitative estimate of drug-likeness (QED) is 0.864. The Morgan fingerprint density at radius 1 is 1.26 bits per heavy atom. The van der Waals surface area contributed by atoms with E-state index in [0.29, 0.717) is 19.1 Å². The summed E-state index contributed by atoms with van der Waals surface area (Å²) in [5, 5.41) is 0. The number of rotatable bonds is 2. The molecule has 0 bridgehead atoms. The van der Waals surface area contributed by atoms with E-state index >= 15 is 0 Å². The van der Waals surface area contributed by atoms with Crippen LogP contribution in [0.2, 0.25) is 0 Å². The third kappa shape index (κ3) is 1.69. The number of H-pyrrole nitrogens is 1. The van der Waals surface area contributed by atoms with Crippen molar-refractivity contribution in [2.24, 2.45) is 11.7 Å². The zero-order chi connectivity index (χ0) is 13.0. The maximum Gasteiger partial charge on any atom is 0.163 e. The highest BCUT2D eigenvalue weighted by Gasteiger charge is 2.41. The van der Waals surface area contributed by atoms with Crippen LogP contribution in [-0.2, 0) is 5.54 Å². The number of hydrogen-bond acceptors (Lipinski definition) is 4. The number of nitrogens with zero attached hydrogens (tertiary/aromatic N) is 1. The summed E-state index contributed by atoms with van der Waals surface area (Å²) in [5.41, 5.74) is 7.87. The van der Waals surface area contributed by atoms with Crippen molar-refractivity contribution in [1.29, 1.82) is 0 Å². The van der Waals surface area contributed by atoms with Gasteiger partial charge >= 0.3 is 0 Å². The molecule has 5 heteroatoms. The molecule has 1 aromatic heterocycles. The summed E-state index contributed by atoms with van der Waals surface area (Å²) in [6.07, 6.45) is 2.37. The maximum absolute atomic E-state index is 6.40. The summed E-state index contributed by atoms with van der Waals surface area (Å²) in [6, 6.07) is 3.87. The van der Waals surface area contributed by atoms with Crippen LogP contribution in [0.3, 0.4) is 0 Å². The summed E-state index contributed by atoms with van der Waals surface area (Å²) in [4.78, 5) is 7.97. The minimum absolute atomic E-state index is 0.374. The highest BCUT2D eigenvalue weighted by molar-refractivity contribution is 5.80. The van der Waals surface area contributed by atoms with Crippen molar-refractivity contribution < 1.29 is 9.47 Å². The molecule has 1 atom stereocenters. The van der Waals surface area contributed by atoms with Crippen LogP contribution < -0.4 is 15.2 Å². The largest absolute Gasteiger partial charge is 0.486 e. The van der Waals surface area contributed by atoms with Crippen LogP contribution in [0, 0.1) is 5.92 Å². The third-order valence-corrected chi connectivity index (χ3v) is 4.08. The molecule has 4 rings (SSSR count). The van der Waals surface area contributed by atoms with Gasteiger partial charge in [-0.15, -0.1) is 0 Å². The fourth-order valence-corrected chi connectivity index (χ4v) is 2.68. The Morgan fingerprint density at radius 2 is 1.95 bits per heavy atom. The third-order valence-electron chi connectivity index (χ3n) is 4.08. The number of benzene rings is 1. The monoisotopic (exact) mass is 259 g/mol. The van der Waals surface area contributed by atoms with Crippen molar-refractivity contribution in [2.45, 2.75) is 25.3 Å². The molecule has 1 saturated carbocycles. The molecule has 2 aliphatic rings. The molecule has 1 aromatic carbocycles. The Hall–Kier alpha value is -1.75. The van der Waals surface area contributed by atoms with Gasteiger partial charge in [0.25, 0.3) is 0 Å². The van der Waals surface area contributed by atoms with E-state index in [1.54, 1.807) is 0 Å². The van der Waals surface area contributed by atoms with Crippen LogP contribution in [0.25, 0.3) is 11.0 Å². The molecular formula is C14H17N3O2. The van der Waals surface area contributed by atoms with Gasteiger partial charge in [-0.2, -0.15) is 0 Å². The lowest BCUT2D eigenvalue weighted by molar-refractivity contribution is 0.172. The van der Waals surface area contributed by atoms with E-state index in [0.717, 1.165) is 28.4 Å². The van der Waals surface area contributed by atoms with Crippen molar-refractivity contribution in [3.8, 4) is 11.5 Å². The standard InChI is InChI=1S/C14H17N3O2/c1-14(15,8-2-3-8)13-16-9-6-11-12(7-10(9)17-13)19-5-4-18-11/h6-8H,2-5,15H2,1H3,(H,16,17). The van der Waals surface area contributed by atoms with Crippen LogP contribution in [0.4, 0.5) is 0 Å². The molecular weight excluding hydrogens is 242 g/mol. The van der Waals surface area contributed by atoms with Gasteiger partial charge in [-0.05, 0) is 25.7 Å². The molecule has 0 spiro atoms. The van der Waals surface area contributed by atoms with Gasteiger partial charge in [-0.1, -0.05) is 0 Å². The average Bonchev–Trinajstić information content (AvgIpc) is 3.17. The van der Waals surface area contributed by atoms with E-state index in [2.05, 4.69) is 16.9 Å². The van der Waals surface area contributed by atoms with Gasteiger partial charge in [0, 0.05) is 12.1 Å². The molecule has 1 unspecified atom stereocenters. The van der Waals surface area contributed by atoms with Gasteiger partial charge in [0.2, 0.25) is 0 Å². The van der Waals surface area contributed by atoms with Crippen LogP contribution in [-0.4, -0.2) is 23.2 Å². The lowest BCUT2D eigenvalue weighted by Gasteiger charge is -2.21. The Labute approximate surface area is 111 Å². The number of nitrogens with two attached hydrogens (primary N) is 1. The summed E-state index contributed by atoms with van der Waals surface area (Å²) in [6.45, 7) is 3.23. The number of aromatic amines is 1. The number of hydrogen-bond donors (Lipinski definition) is 2. The molecule has 0 saturated heterocycles. The molecule has 3 N–H and O–H groups in total. The van der Waals surface area contributed by atoms with Gasteiger partial charge in [-0.25, -0.2) is 4.98 Å². The SMILES string of the molecule is CC(N)(c1nc2cc3c(cc2[nH]1)OCCO3)C1CC1. The molecule has 2 heterocycles. The Morgan fingerprint density at radius 3 is 2.63 bits per heavy atom. The number of imidazole rings is 1. The summed E-state index contributed by atoms with van der Waals surface area (Å²) in [5.74, 6) is 2.93. The molecule has 0 amide bonds. The van der Waals surface area contributed by atoms with Gasteiger partial charge < -0.3 is 20.2 Å². The minimum Gasteiger partial charge on any atom is -0.486 e. The summed E-state index contributed by atoms with van der Waals surface area (Å²) >= 11 is 0. The van der Waals surface area contributed by atoms with Gasteiger partial charge in [0.05, 0.1) is 16.6 Å². The summed E-state index contributed by atoms with van der Waals surface area (Å²) in [7, 11) is 0. The van der Waals surface area contributed by atoms with E-state index in [4.69, 9.17) is 15.2 Å². The Bertz CT molecular complexity index is 600. The zero-order valence-corrected chi connectivity index (χ0v) is 10.9. The first-order valence-electron chi connectivity index (χ1n) is 6.73. The number of aromatic nitrogens is 2. The molecule has 100 valence electrons. The van der Waals surface area contributed by atoms with E-state index in [1.165, 1.54) is 12.8 Å². The molecule has 5 nitrogen and oxygen atoms in total. The van der Waals surface area contributed by atoms with Crippen LogP contribution in [0.1, 0.15) is 25.6 Å². The van der Waals surface area contributed by atoms with Crippen molar-refractivity contribution in [3.05, 3.63) is 18.0 Å². The molecule has 1 aliphatic heterocycles. The van der Waals surface area contributed by atoms with E-state index in [1.807, 2.05) is 12.1 Å². The molecule has 1 aliphatic carbocycles. The van der Waals surface area contributed by atoms with Crippen LogP contribution in [0.15, 0.2) is 12.1 Å². The maximum atomic E-state index is 6.40. The predicted octanol–water partition coefficient (Wildman–Crippen LogP) is 1.92. The average molecular weight is 259 g/mol. The van der Waals surface area contributed by atoms with Crippen molar-refractivity contribution in [2.75, 3.05) is 13.2 Å². The number of fused-ring (bicyclic) bond motifs is 2. The second-order valence-corrected chi connectivity index (χ2v) is 5.66. The Balaban J connectivity index is 1.82. The smallest absolute Gasteiger partial charge is 0.163 e. The first kappa shape index (κ1) is 11.1. The van der Waals surface area contributed by atoms with Gasteiger partial charge in [0.1, 0.15) is 19.0 Å². The lowest BCUT2D eigenvalue weighted by Crippen LogP contribution is -2.36. The topological polar surface area (TPSA) is 73.2 Å². The number of ether oxygens (including phenoxy) is 2. The number of nitrogens with one attached hydrogen (secondary N) is 1. The van der Waals surface area contributed by atoms with E-state index in [9.17, 15) is 0 Å². The highest BCUT2D eigenvalue weighted by Crippen LogP contribution is 2.43.